The fraction of sp³-hybridized carbons (Fsp3) is 0.625. The first kappa shape index (κ1) is 18.6. The molecular weight excluding hydrogens is 254 g/mol. The predicted molar refractivity (Wildman–Crippen MR) is 81.4 cm³/mol. The van der Waals surface area contributed by atoms with Crippen LogP contribution in [0.3, 0.4) is 0 Å². The van der Waals surface area contributed by atoms with Crippen LogP contribution in [0.2, 0.25) is 0 Å². The fourth-order valence-electron chi connectivity index (χ4n) is 2.61. The van der Waals surface area contributed by atoms with Gasteiger partial charge >= 0.3 is 5.97 Å². The van der Waals surface area contributed by atoms with Gasteiger partial charge in [-0.3, -0.25) is 4.79 Å². The molecule has 3 N–H and O–H groups in total. The molecule has 0 saturated carbocycles. The van der Waals surface area contributed by atoms with Crippen LogP contribution in [0.5, 0.6) is 0 Å². The Labute approximate surface area is 121 Å². The Kier molecular flexibility index (Phi) is 6.86. The Morgan fingerprint density at radius 1 is 1.30 bits per heavy atom. The van der Waals surface area contributed by atoms with Crippen LogP contribution >= 0.6 is 0 Å². The number of carboxylic acid groups (broad SMARTS) is 1. The van der Waals surface area contributed by atoms with Crippen molar-refractivity contribution in [1.29, 1.82) is 0 Å². The summed E-state index contributed by atoms with van der Waals surface area (Å²) in [6, 6.07) is -0.917. The molecule has 0 amide bonds. The predicted octanol–water partition coefficient (Wildman–Crippen LogP) is 2.93. The number of rotatable bonds is 8. The third kappa shape index (κ3) is 5.29. The number of hydrogen-bond acceptors (Lipinski definition) is 3. The second-order valence-corrected chi connectivity index (χ2v) is 6.43. The minimum absolute atomic E-state index is 0.258. The first-order valence-corrected chi connectivity index (χ1v) is 6.84. The SMILES string of the molecule is CC=C/C(=C\CC=O)C(C)(C)CC(C)(C)C(N)C(=O)O. The zero-order chi connectivity index (χ0) is 16.0. The molecule has 0 radical (unpaired) electrons. The second kappa shape index (κ2) is 7.39. The quantitative estimate of drug-likeness (QED) is 0.529. The van der Waals surface area contributed by atoms with E-state index in [0.29, 0.717) is 12.8 Å². The summed E-state index contributed by atoms with van der Waals surface area (Å²) < 4.78 is 0. The number of hydrogen-bond donors (Lipinski definition) is 2. The summed E-state index contributed by atoms with van der Waals surface area (Å²) >= 11 is 0. The van der Waals surface area contributed by atoms with Gasteiger partial charge in [-0.05, 0) is 29.7 Å². The number of carboxylic acids is 1. The molecule has 4 heteroatoms. The van der Waals surface area contributed by atoms with E-state index in [4.69, 9.17) is 10.8 Å². The van der Waals surface area contributed by atoms with Crippen LogP contribution in [0.1, 0.15) is 47.5 Å². The second-order valence-electron chi connectivity index (χ2n) is 6.43. The third-order valence-corrected chi connectivity index (χ3v) is 3.57. The van der Waals surface area contributed by atoms with Crippen molar-refractivity contribution in [3.05, 3.63) is 23.8 Å². The Hall–Kier alpha value is -1.42. The van der Waals surface area contributed by atoms with E-state index in [0.717, 1.165) is 11.9 Å². The van der Waals surface area contributed by atoms with E-state index in [-0.39, 0.29) is 5.41 Å². The summed E-state index contributed by atoms with van der Waals surface area (Å²) in [5.74, 6) is -0.991. The van der Waals surface area contributed by atoms with Gasteiger partial charge < -0.3 is 15.6 Å². The molecule has 1 atom stereocenters. The normalized spacial score (nSPS) is 15.4. The standard InChI is InChI=1S/C16H27NO3/c1-6-8-12(9-7-10-18)15(2,3)11-16(4,5)13(17)14(19)20/h6,8-10,13H,7,11,17H2,1-5H3,(H,19,20)/b8-6?,12-9+. The van der Waals surface area contributed by atoms with E-state index in [1.165, 1.54) is 0 Å². The summed E-state index contributed by atoms with van der Waals surface area (Å²) in [5.41, 5.74) is 6.01. The monoisotopic (exact) mass is 281 g/mol. The lowest BCUT2D eigenvalue weighted by atomic mass is 9.68. The minimum atomic E-state index is -0.991. The third-order valence-electron chi connectivity index (χ3n) is 3.57. The molecule has 20 heavy (non-hydrogen) atoms. The molecule has 0 aliphatic heterocycles. The number of allylic oxidation sites excluding steroid dienone is 4. The molecular formula is C16H27NO3. The van der Waals surface area contributed by atoms with E-state index in [9.17, 15) is 9.59 Å². The zero-order valence-electron chi connectivity index (χ0n) is 13.1. The van der Waals surface area contributed by atoms with Gasteiger partial charge in [0, 0.05) is 6.42 Å². The molecule has 0 bridgehead atoms. The first-order chi connectivity index (χ1) is 9.08. The molecule has 0 aromatic heterocycles. The fourth-order valence-corrected chi connectivity index (χ4v) is 2.61. The van der Waals surface area contributed by atoms with E-state index in [2.05, 4.69) is 0 Å². The van der Waals surface area contributed by atoms with Crippen molar-refractivity contribution in [3.8, 4) is 0 Å². The van der Waals surface area contributed by atoms with Crippen LogP contribution in [-0.2, 0) is 9.59 Å². The highest BCUT2D eigenvalue weighted by Crippen LogP contribution is 2.41. The maximum absolute atomic E-state index is 11.1. The smallest absolute Gasteiger partial charge is 0.321 e. The molecule has 0 fully saturated rings. The average molecular weight is 281 g/mol. The van der Waals surface area contributed by atoms with Crippen molar-refractivity contribution in [3.63, 3.8) is 0 Å². The Balaban J connectivity index is 5.29. The lowest BCUT2D eigenvalue weighted by Gasteiger charge is -2.38. The van der Waals surface area contributed by atoms with Gasteiger partial charge in [0.05, 0.1) is 0 Å². The molecule has 0 aromatic rings. The number of nitrogens with two attached hydrogens (primary N) is 1. The van der Waals surface area contributed by atoms with Gasteiger partial charge in [-0.15, -0.1) is 0 Å². The summed E-state index contributed by atoms with van der Waals surface area (Å²) in [7, 11) is 0. The number of aliphatic carboxylic acids is 1. The Bertz CT molecular complexity index is 406. The molecule has 0 rings (SSSR count). The van der Waals surface area contributed by atoms with Crippen LogP contribution in [-0.4, -0.2) is 23.4 Å². The highest BCUT2D eigenvalue weighted by Gasteiger charge is 2.38. The lowest BCUT2D eigenvalue weighted by molar-refractivity contribution is -0.141. The molecule has 4 nitrogen and oxygen atoms in total. The van der Waals surface area contributed by atoms with Crippen molar-refractivity contribution >= 4 is 12.3 Å². The van der Waals surface area contributed by atoms with E-state index in [1.807, 2.05) is 52.8 Å². The van der Waals surface area contributed by atoms with Gasteiger partial charge in [0.2, 0.25) is 0 Å². The molecule has 0 aromatic carbocycles. The largest absolute Gasteiger partial charge is 0.480 e. The average Bonchev–Trinajstić information content (AvgIpc) is 2.31. The summed E-state index contributed by atoms with van der Waals surface area (Å²) in [4.78, 5) is 21.7. The van der Waals surface area contributed by atoms with Crippen molar-refractivity contribution in [1.82, 2.24) is 0 Å². The molecule has 0 spiro atoms. The molecule has 0 aliphatic rings. The highest BCUT2D eigenvalue weighted by atomic mass is 16.4. The van der Waals surface area contributed by atoms with Gasteiger partial charge in [0.1, 0.15) is 12.3 Å². The van der Waals surface area contributed by atoms with Gasteiger partial charge in [-0.25, -0.2) is 0 Å². The Morgan fingerprint density at radius 3 is 2.25 bits per heavy atom. The van der Waals surface area contributed by atoms with Crippen LogP contribution in [0.15, 0.2) is 23.8 Å². The van der Waals surface area contributed by atoms with Crippen LogP contribution in [0.4, 0.5) is 0 Å². The lowest BCUT2D eigenvalue weighted by Crippen LogP contribution is -2.46. The number of carbonyl (C=O) groups is 2. The first-order valence-electron chi connectivity index (χ1n) is 6.84. The molecule has 0 aliphatic carbocycles. The van der Waals surface area contributed by atoms with Crippen LogP contribution in [0.25, 0.3) is 0 Å². The minimum Gasteiger partial charge on any atom is -0.480 e. The van der Waals surface area contributed by atoms with Gasteiger partial charge in [-0.2, -0.15) is 0 Å². The van der Waals surface area contributed by atoms with Crippen molar-refractivity contribution in [2.75, 3.05) is 0 Å². The van der Waals surface area contributed by atoms with E-state index in [1.54, 1.807) is 0 Å². The highest BCUT2D eigenvalue weighted by molar-refractivity contribution is 5.74. The van der Waals surface area contributed by atoms with Crippen molar-refractivity contribution in [2.24, 2.45) is 16.6 Å². The van der Waals surface area contributed by atoms with Crippen molar-refractivity contribution in [2.45, 2.75) is 53.5 Å². The molecule has 0 saturated heterocycles. The summed E-state index contributed by atoms with van der Waals surface area (Å²) in [6.45, 7) is 9.72. The van der Waals surface area contributed by atoms with Gasteiger partial charge in [0.15, 0.2) is 0 Å². The molecule has 0 heterocycles. The van der Waals surface area contributed by atoms with Crippen molar-refractivity contribution < 1.29 is 14.7 Å². The molecule has 1 unspecified atom stereocenters. The maximum atomic E-state index is 11.1. The van der Waals surface area contributed by atoms with Gasteiger partial charge in [-0.1, -0.05) is 45.9 Å². The van der Waals surface area contributed by atoms with E-state index < -0.39 is 17.4 Å². The zero-order valence-corrected chi connectivity index (χ0v) is 13.1. The topological polar surface area (TPSA) is 80.4 Å². The molecule has 114 valence electrons. The number of aldehydes is 1. The summed E-state index contributed by atoms with van der Waals surface area (Å²) in [5, 5.41) is 9.10. The Morgan fingerprint density at radius 2 is 1.85 bits per heavy atom. The van der Waals surface area contributed by atoms with Crippen LogP contribution < -0.4 is 5.73 Å². The van der Waals surface area contributed by atoms with Gasteiger partial charge in [0.25, 0.3) is 0 Å². The number of carbonyl (C=O) groups excluding carboxylic acids is 1. The summed E-state index contributed by atoms with van der Waals surface area (Å²) in [6.07, 6.45) is 7.59. The van der Waals surface area contributed by atoms with E-state index >= 15 is 0 Å². The van der Waals surface area contributed by atoms with Crippen LogP contribution in [0, 0.1) is 10.8 Å². The maximum Gasteiger partial charge on any atom is 0.321 e.